The Labute approximate surface area is 120 Å². The third-order valence-electron chi connectivity index (χ3n) is 2.94. The number of carboxylic acids is 1. The smallest absolute Gasteiger partial charge is 0.351 e. The van der Waals surface area contributed by atoms with Crippen LogP contribution in [0.3, 0.4) is 0 Å². The Morgan fingerprint density at radius 2 is 2.29 bits per heavy atom. The Kier molecular flexibility index (Phi) is 4.08. The lowest BCUT2D eigenvalue weighted by Crippen LogP contribution is -2.65. The summed E-state index contributed by atoms with van der Waals surface area (Å²) in [5, 5.41) is 10.9. The molecule has 0 unspecified atom stereocenters. The number of nitrogens with one attached hydrogen (secondary N) is 1. The second kappa shape index (κ2) is 5.80. The molecule has 0 aromatic carbocycles. The minimum atomic E-state index is -1.80. The number of hydrogen-bond acceptors (Lipinski definition) is 5. The van der Waals surface area contributed by atoms with Gasteiger partial charge in [-0.2, -0.15) is 0 Å². The summed E-state index contributed by atoms with van der Waals surface area (Å²) in [6, 6.07) is -0.779. The van der Waals surface area contributed by atoms with E-state index in [9.17, 15) is 14.4 Å². The molecule has 2 rings (SSSR count). The summed E-state index contributed by atoms with van der Waals surface area (Å²) in [6.45, 7) is -0.524. The highest BCUT2D eigenvalue weighted by Gasteiger charge is 2.40. The van der Waals surface area contributed by atoms with E-state index in [1.54, 1.807) is 12.2 Å². The second-order valence-corrected chi connectivity index (χ2v) is 4.63. The van der Waals surface area contributed by atoms with Crippen LogP contribution in [0.25, 0.3) is 0 Å². The van der Waals surface area contributed by atoms with Crippen LogP contribution < -0.4 is 11.1 Å². The fourth-order valence-electron chi connectivity index (χ4n) is 1.84. The average molecular weight is 293 g/mol. The van der Waals surface area contributed by atoms with Crippen LogP contribution in [0.2, 0.25) is 0 Å². The zero-order chi connectivity index (χ0) is 15.5. The molecule has 2 atom stereocenters. The van der Waals surface area contributed by atoms with Crippen LogP contribution in [0.4, 0.5) is 4.79 Å². The lowest BCUT2D eigenvalue weighted by molar-refractivity contribution is -0.152. The molecular formula is C13H15N3O5. The van der Waals surface area contributed by atoms with Crippen molar-refractivity contribution in [3.63, 3.8) is 0 Å². The Bertz CT molecular complexity index is 554. The monoisotopic (exact) mass is 293 g/mol. The predicted octanol–water partition coefficient (Wildman–Crippen LogP) is -0.307. The number of aliphatic carboxylic acids is 1. The topological polar surface area (TPSA) is 122 Å². The first kappa shape index (κ1) is 14.8. The molecule has 0 fully saturated rings. The van der Waals surface area contributed by atoms with Crippen molar-refractivity contribution in [2.45, 2.75) is 18.2 Å². The number of hydrogen-bond donors (Lipinski definition) is 3. The number of amides is 2. The Morgan fingerprint density at radius 3 is 2.86 bits per heavy atom. The molecule has 21 heavy (non-hydrogen) atoms. The first-order chi connectivity index (χ1) is 9.90. The molecule has 2 aliphatic rings. The average Bonchev–Trinajstić information content (AvgIpc) is 2.43. The van der Waals surface area contributed by atoms with Crippen molar-refractivity contribution < 1.29 is 24.2 Å². The van der Waals surface area contributed by atoms with Crippen molar-refractivity contribution in [3.8, 4) is 0 Å². The molecule has 1 heterocycles. The molecule has 0 bridgehead atoms. The predicted molar refractivity (Wildman–Crippen MR) is 71.7 cm³/mol. The number of nitrogens with two attached hydrogens (primary N) is 1. The Balaban J connectivity index is 2.03. The van der Waals surface area contributed by atoms with Gasteiger partial charge in [-0.1, -0.05) is 18.2 Å². The number of ether oxygens (including phenoxy) is 1. The lowest BCUT2D eigenvalue weighted by Gasteiger charge is -2.33. The van der Waals surface area contributed by atoms with Gasteiger partial charge in [0.2, 0.25) is 5.66 Å². The molecule has 0 radical (unpaired) electrons. The highest BCUT2D eigenvalue weighted by Crippen LogP contribution is 2.15. The third-order valence-corrected chi connectivity index (χ3v) is 2.94. The third kappa shape index (κ3) is 3.48. The molecule has 1 aliphatic heterocycles. The summed E-state index contributed by atoms with van der Waals surface area (Å²) in [4.78, 5) is 35.3. The van der Waals surface area contributed by atoms with Crippen molar-refractivity contribution in [2.75, 3.05) is 6.54 Å². The van der Waals surface area contributed by atoms with Crippen molar-refractivity contribution in [2.24, 2.45) is 5.73 Å². The van der Waals surface area contributed by atoms with Gasteiger partial charge in [0.25, 0.3) is 0 Å². The van der Waals surface area contributed by atoms with E-state index >= 15 is 0 Å². The zero-order valence-electron chi connectivity index (χ0n) is 11.1. The first-order valence-electron chi connectivity index (χ1n) is 6.24. The molecule has 4 N–H and O–H groups in total. The summed E-state index contributed by atoms with van der Waals surface area (Å²) >= 11 is 0. The maximum Gasteiger partial charge on any atom is 0.351 e. The minimum Gasteiger partial charge on any atom is -0.480 e. The van der Waals surface area contributed by atoms with E-state index in [2.05, 4.69) is 5.32 Å². The summed E-state index contributed by atoms with van der Waals surface area (Å²) in [5.41, 5.74) is 3.99. The second-order valence-electron chi connectivity index (χ2n) is 4.63. The highest BCUT2D eigenvalue weighted by molar-refractivity contribution is 5.92. The van der Waals surface area contributed by atoms with E-state index < -0.39 is 36.3 Å². The van der Waals surface area contributed by atoms with Crippen molar-refractivity contribution in [3.05, 3.63) is 36.6 Å². The number of allylic oxidation sites excluding steroid dienone is 2. The van der Waals surface area contributed by atoms with Gasteiger partial charge < -0.3 is 15.2 Å². The van der Waals surface area contributed by atoms with Gasteiger partial charge in [0.15, 0.2) is 0 Å². The van der Waals surface area contributed by atoms with Crippen molar-refractivity contribution >= 4 is 18.0 Å². The van der Waals surface area contributed by atoms with E-state index in [4.69, 9.17) is 15.6 Å². The molecule has 1 aliphatic carbocycles. The van der Waals surface area contributed by atoms with E-state index in [-0.39, 0.29) is 0 Å². The quantitative estimate of drug-likeness (QED) is 0.611. The zero-order valence-corrected chi connectivity index (χ0v) is 11.1. The van der Waals surface area contributed by atoms with E-state index in [0.717, 1.165) is 11.1 Å². The number of carboxylic acid groups (broad SMARTS) is 1. The molecule has 0 spiro atoms. The first-order valence-corrected chi connectivity index (χ1v) is 6.24. The lowest BCUT2D eigenvalue weighted by atomic mass is 10.1. The van der Waals surface area contributed by atoms with Crippen LogP contribution in [0.15, 0.2) is 36.6 Å². The van der Waals surface area contributed by atoms with Crippen LogP contribution in [0.5, 0.6) is 0 Å². The maximum atomic E-state index is 12.1. The summed E-state index contributed by atoms with van der Waals surface area (Å²) in [7, 11) is 0. The van der Waals surface area contributed by atoms with Gasteiger partial charge >= 0.3 is 18.0 Å². The van der Waals surface area contributed by atoms with Crippen LogP contribution >= 0.6 is 0 Å². The molecule has 0 aromatic rings. The Morgan fingerprint density at radius 1 is 1.52 bits per heavy atom. The number of rotatable bonds is 4. The van der Waals surface area contributed by atoms with E-state index in [1.165, 1.54) is 6.08 Å². The standard InChI is InChI=1S/C13H15N3O5/c14-13(11(19)21-9-4-2-1-3-5-9)6-7-16(8-10(17)18)12(20)15-13/h1-4,6-7,9H,5,8,14H2,(H,15,20)(H,17,18)/t9-,13-/m1/s1. The minimum absolute atomic E-state index is 0.440. The van der Waals surface area contributed by atoms with Gasteiger partial charge in [-0.15, -0.1) is 0 Å². The Hall–Kier alpha value is -2.61. The molecule has 112 valence electrons. The fraction of sp³-hybridized carbons (Fsp3) is 0.308. The van der Waals surface area contributed by atoms with Gasteiger partial charge in [-0.3, -0.25) is 15.4 Å². The summed E-state index contributed by atoms with van der Waals surface area (Å²) < 4.78 is 5.20. The number of urea groups is 1. The normalized spacial score (nSPS) is 27.4. The molecule has 0 saturated carbocycles. The number of nitrogens with zero attached hydrogens (tertiary/aromatic N) is 1. The van der Waals surface area contributed by atoms with Gasteiger partial charge in [0, 0.05) is 12.6 Å². The molecule has 0 aromatic heterocycles. The van der Waals surface area contributed by atoms with Gasteiger partial charge in [0.1, 0.15) is 12.6 Å². The summed E-state index contributed by atoms with van der Waals surface area (Å²) in [5.74, 6) is -1.99. The van der Waals surface area contributed by atoms with Gasteiger partial charge in [-0.05, 0) is 12.2 Å². The number of carbonyl (C=O) groups excluding carboxylic acids is 2. The molecular weight excluding hydrogens is 278 g/mol. The van der Waals surface area contributed by atoms with Crippen LogP contribution in [-0.4, -0.2) is 46.3 Å². The van der Waals surface area contributed by atoms with Gasteiger partial charge in [-0.25, -0.2) is 9.59 Å². The number of esters is 1. The maximum absolute atomic E-state index is 12.1. The van der Waals surface area contributed by atoms with Crippen LogP contribution in [0, 0.1) is 0 Å². The highest BCUT2D eigenvalue weighted by atomic mass is 16.5. The van der Waals surface area contributed by atoms with Crippen LogP contribution in [0.1, 0.15) is 6.42 Å². The molecule has 2 amide bonds. The van der Waals surface area contributed by atoms with Crippen molar-refractivity contribution in [1.29, 1.82) is 0 Å². The molecule has 0 saturated heterocycles. The van der Waals surface area contributed by atoms with E-state index in [1.807, 2.05) is 12.2 Å². The van der Waals surface area contributed by atoms with E-state index in [0.29, 0.717) is 6.42 Å². The van der Waals surface area contributed by atoms with Crippen LogP contribution in [-0.2, 0) is 14.3 Å². The molecule has 8 heteroatoms. The van der Waals surface area contributed by atoms with Gasteiger partial charge in [0.05, 0.1) is 0 Å². The molecule has 8 nitrogen and oxygen atoms in total. The van der Waals surface area contributed by atoms with Crippen molar-refractivity contribution in [1.82, 2.24) is 10.2 Å². The number of carbonyl (C=O) groups is 3. The SMILES string of the molecule is N[C@]1(C(=O)O[C@@H]2C=CC=CC2)C=CN(CC(=O)O)C(=O)N1. The summed E-state index contributed by atoms with van der Waals surface area (Å²) in [6.07, 6.45) is 9.55. The largest absolute Gasteiger partial charge is 0.480 e. The fourth-order valence-corrected chi connectivity index (χ4v) is 1.84.